The predicted octanol–water partition coefficient (Wildman–Crippen LogP) is 2.01. The summed E-state index contributed by atoms with van der Waals surface area (Å²) in [5.74, 6) is 0.813. The van der Waals surface area contributed by atoms with Gasteiger partial charge in [-0.2, -0.15) is 0 Å². The Morgan fingerprint density at radius 2 is 1.96 bits per heavy atom. The van der Waals surface area contributed by atoms with Gasteiger partial charge in [0.25, 0.3) is 0 Å². The quantitative estimate of drug-likeness (QED) is 0.810. The molecule has 5 heteroatoms. The fraction of sp³-hybridized carbons (Fsp3) is 0.526. The Morgan fingerprint density at radius 1 is 1.29 bits per heavy atom. The number of allylic oxidation sites excluding steroid dienone is 1. The molecule has 1 aromatic carbocycles. The highest BCUT2D eigenvalue weighted by molar-refractivity contribution is 5.95. The molecule has 1 N–H and O–H groups in total. The molecule has 1 saturated heterocycles. The Bertz CT molecular complexity index is 574. The number of ether oxygens (including phenoxy) is 1. The van der Waals surface area contributed by atoms with Crippen LogP contribution in [0.15, 0.2) is 30.3 Å². The van der Waals surface area contributed by atoms with Crippen LogP contribution in [0, 0.1) is 0 Å². The van der Waals surface area contributed by atoms with Crippen molar-refractivity contribution in [2.75, 3.05) is 39.9 Å². The Kier molecular flexibility index (Phi) is 6.82. The van der Waals surface area contributed by atoms with E-state index in [-0.39, 0.29) is 18.6 Å². The van der Waals surface area contributed by atoms with Crippen molar-refractivity contribution in [2.45, 2.75) is 26.3 Å². The van der Waals surface area contributed by atoms with Crippen LogP contribution in [0.25, 0.3) is 5.57 Å². The lowest BCUT2D eigenvalue weighted by Gasteiger charge is -2.38. The lowest BCUT2D eigenvalue weighted by Crippen LogP contribution is -2.52. The minimum atomic E-state index is 0.0371. The lowest BCUT2D eigenvalue weighted by molar-refractivity contribution is -0.128. The molecule has 0 saturated carbocycles. The molecule has 2 rings (SSSR count). The molecule has 0 spiro atoms. The molecule has 0 bridgehead atoms. The van der Waals surface area contributed by atoms with Crippen molar-refractivity contribution in [3.8, 4) is 5.75 Å². The number of nitrogens with zero attached hydrogens (tertiary/aromatic N) is 2. The van der Waals surface area contributed by atoms with Crippen LogP contribution in [-0.4, -0.2) is 66.8 Å². The molecule has 0 aromatic heterocycles. The number of aliphatic hydroxyl groups is 1. The molecule has 1 atom stereocenters. The number of carbonyl (C=O) groups excluding carboxylic acids is 1. The van der Waals surface area contributed by atoms with Gasteiger partial charge in [0.1, 0.15) is 5.75 Å². The third kappa shape index (κ3) is 4.36. The van der Waals surface area contributed by atoms with Crippen LogP contribution in [0.1, 0.15) is 25.8 Å². The number of carbonyl (C=O) groups is 1. The third-order valence-corrected chi connectivity index (χ3v) is 4.70. The van der Waals surface area contributed by atoms with Gasteiger partial charge in [-0.1, -0.05) is 25.1 Å². The molecule has 24 heavy (non-hydrogen) atoms. The fourth-order valence-electron chi connectivity index (χ4n) is 3.13. The molecule has 0 aliphatic carbocycles. The van der Waals surface area contributed by atoms with Crippen LogP contribution >= 0.6 is 0 Å². The van der Waals surface area contributed by atoms with Crippen molar-refractivity contribution in [1.29, 1.82) is 0 Å². The largest absolute Gasteiger partial charge is 0.496 e. The Balaban J connectivity index is 2.00. The van der Waals surface area contributed by atoms with Crippen LogP contribution in [0.2, 0.25) is 0 Å². The highest BCUT2D eigenvalue weighted by Gasteiger charge is 2.24. The maximum absolute atomic E-state index is 12.5. The SMILES string of the molecule is CCC(CO)N1CCN(C(=O)/C=C(/C)c2ccccc2OC)CC1. The van der Waals surface area contributed by atoms with Crippen LogP contribution < -0.4 is 4.74 Å². The maximum Gasteiger partial charge on any atom is 0.246 e. The second-order valence-electron chi connectivity index (χ2n) is 6.13. The van der Waals surface area contributed by atoms with Gasteiger partial charge in [-0.05, 0) is 25.0 Å². The van der Waals surface area contributed by atoms with Crippen molar-refractivity contribution in [2.24, 2.45) is 0 Å². The molecule has 132 valence electrons. The highest BCUT2D eigenvalue weighted by Crippen LogP contribution is 2.25. The summed E-state index contributed by atoms with van der Waals surface area (Å²) in [6.07, 6.45) is 2.62. The van der Waals surface area contributed by atoms with Crippen molar-refractivity contribution in [3.63, 3.8) is 0 Å². The number of hydrogen-bond donors (Lipinski definition) is 1. The highest BCUT2D eigenvalue weighted by atomic mass is 16.5. The van der Waals surface area contributed by atoms with Crippen LogP contribution in [0.4, 0.5) is 0 Å². The van der Waals surface area contributed by atoms with Gasteiger partial charge in [0.15, 0.2) is 0 Å². The molecule has 1 aliphatic heterocycles. The third-order valence-electron chi connectivity index (χ3n) is 4.70. The second kappa shape index (κ2) is 8.85. The first-order chi connectivity index (χ1) is 11.6. The Labute approximate surface area is 144 Å². The van der Waals surface area contributed by atoms with Crippen LogP contribution in [0.3, 0.4) is 0 Å². The van der Waals surface area contributed by atoms with Crippen molar-refractivity contribution >= 4 is 11.5 Å². The first kappa shape index (κ1) is 18.5. The van der Waals surface area contributed by atoms with E-state index in [9.17, 15) is 9.90 Å². The standard InChI is InChI=1S/C19H28N2O3/c1-4-16(14-22)20-9-11-21(12-10-20)19(23)13-15(2)17-7-5-6-8-18(17)24-3/h5-8,13,16,22H,4,9-12,14H2,1-3H3/b15-13-. The van der Waals surface area contributed by atoms with Crippen LogP contribution in [0.5, 0.6) is 5.75 Å². The van der Waals surface area contributed by atoms with Gasteiger partial charge in [0.05, 0.1) is 13.7 Å². The predicted molar refractivity (Wildman–Crippen MR) is 96.0 cm³/mol. The number of para-hydroxylation sites is 1. The van der Waals surface area contributed by atoms with Gasteiger partial charge in [0, 0.05) is 43.9 Å². The van der Waals surface area contributed by atoms with E-state index in [2.05, 4.69) is 11.8 Å². The number of benzene rings is 1. The second-order valence-corrected chi connectivity index (χ2v) is 6.13. The molecule has 1 fully saturated rings. The smallest absolute Gasteiger partial charge is 0.246 e. The van der Waals surface area contributed by atoms with E-state index in [0.29, 0.717) is 13.1 Å². The summed E-state index contributed by atoms with van der Waals surface area (Å²) < 4.78 is 5.36. The van der Waals surface area contributed by atoms with Crippen molar-refractivity contribution in [3.05, 3.63) is 35.9 Å². The molecule has 1 aliphatic rings. The number of methoxy groups -OCH3 is 1. The van der Waals surface area contributed by atoms with E-state index in [1.165, 1.54) is 0 Å². The Hall–Kier alpha value is -1.85. The minimum Gasteiger partial charge on any atom is -0.496 e. The number of piperazine rings is 1. The minimum absolute atomic E-state index is 0.0371. The molecule has 1 amide bonds. The van der Waals surface area contributed by atoms with Gasteiger partial charge in [0.2, 0.25) is 5.91 Å². The molecular formula is C19H28N2O3. The molecule has 1 heterocycles. The van der Waals surface area contributed by atoms with E-state index in [1.54, 1.807) is 13.2 Å². The van der Waals surface area contributed by atoms with E-state index < -0.39 is 0 Å². The summed E-state index contributed by atoms with van der Waals surface area (Å²) >= 11 is 0. The zero-order valence-corrected chi connectivity index (χ0v) is 14.9. The summed E-state index contributed by atoms with van der Waals surface area (Å²) in [4.78, 5) is 16.7. The van der Waals surface area contributed by atoms with Gasteiger partial charge in [-0.15, -0.1) is 0 Å². The average molecular weight is 332 g/mol. The van der Waals surface area contributed by atoms with Gasteiger partial charge >= 0.3 is 0 Å². The number of hydrogen-bond acceptors (Lipinski definition) is 4. The summed E-state index contributed by atoms with van der Waals surface area (Å²) in [6, 6.07) is 7.92. The molecule has 5 nitrogen and oxygen atoms in total. The normalized spacial score (nSPS) is 17.7. The summed E-state index contributed by atoms with van der Waals surface area (Å²) in [7, 11) is 1.64. The topological polar surface area (TPSA) is 53.0 Å². The van der Waals surface area contributed by atoms with Gasteiger partial charge in [-0.25, -0.2) is 0 Å². The summed E-state index contributed by atoms with van der Waals surface area (Å²) in [5.41, 5.74) is 1.85. The van der Waals surface area contributed by atoms with Gasteiger partial charge in [-0.3, -0.25) is 9.69 Å². The molecule has 1 aromatic rings. The molecule has 1 unspecified atom stereocenters. The zero-order valence-electron chi connectivity index (χ0n) is 14.9. The van der Waals surface area contributed by atoms with Crippen molar-refractivity contribution < 1.29 is 14.6 Å². The zero-order chi connectivity index (χ0) is 17.5. The van der Waals surface area contributed by atoms with E-state index in [4.69, 9.17) is 4.74 Å². The monoisotopic (exact) mass is 332 g/mol. The first-order valence-electron chi connectivity index (χ1n) is 8.56. The summed E-state index contributed by atoms with van der Waals surface area (Å²) in [5, 5.41) is 9.40. The van der Waals surface area contributed by atoms with Crippen molar-refractivity contribution in [1.82, 2.24) is 9.80 Å². The van der Waals surface area contributed by atoms with E-state index in [1.807, 2.05) is 36.1 Å². The van der Waals surface area contributed by atoms with E-state index in [0.717, 1.165) is 36.4 Å². The number of amides is 1. The van der Waals surface area contributed by atoms with E-state index >= 15 is 0 Å². The fourth-order valence-corrected chi connectivity index (χ4v) is 3.13. The van der Waals surface area contributed by atoms with Gasteiger partial charge < -0.3 is 14.7 Å². The first-order valence-corrected chi connectivity index (χ1v) is 8.56. The Morgan fingerprint density at radius 3 is 2.54 bits per heavy atom. The molecular weight excluding hydrogens is 304 g/mol. The lowest BCUT2D eigenvalue weighted by atomic mass is 10.1. The molecule has 0 radical (unpaired) electrons. The average Bonchev–Trinajstić information content (AvgIpc) is 2.63. The number of rotatable bonds is 6. The van der Waals surface area contributed by atoms with Crippen LogP contribution in [-0.2, 0) is 4.79 Å². The summed E-state index contributed by atoms with van der Waals surface area (Å²) in [6.45, 7) is 7.22. The number of aliphatic hydroxyl groups excluding tert-OH is 1. The maximum atomic E-state index is 12.5.